The van der Waals surface area contributed by atoms with E-state index in [1.807, 2.05) is 26.0 Å². The molecule has 1 rings (SSSR count). The fourth-order valence-corrected chi connectivity index (χ4v) is 1.11. The van der Waals surface area contributed by atoms with E-state index in [0.717, 1.165) is 5.56 Å². The standard InChI is InChI=1S/C10H14N2O2/c1-10(2,12-9(13)14-3)8-5-4-6-11-7-8/h4-7H,1-3H3,(H,12,13). The lowest BCUT2D eigenvalue weighted by Gasteiger charge is -2.25. The minimum absolute atomic E-state index is 0.446. The number of rotatable bonds is 2. The first-order valence-corrected chi connectivity index (χ1v) is 4.33. The van der Waals surface area contributed by atoms with Crippen LogP contribution in [-0.2, 0) is 10.3 Å². The van der Waals surface area contributed by atoms with Crippen LogP contribution in [0.4, 0.5) is 4.79 Å². The van der Waals surface area contributed by atoms with Gasteiger partial charge in [0.25, 0.3) is 0 Å². The minimum atomic E-state index is -0.471. The molecule has 0 aliphatic heterocycles. The van der Waals surface area contributed by atoms with Crippen LogP contribution < -0.4 is 5.32 Å². The van der Waals surface area contributed by atoms with Crippen molar-refractivity contribution in [1.29, 1.82) is 0 Å². The molecule has 0 aliphatic rings. The summed E-state index contributed by atoms with van der Waals surface area (Å²) in [5, 5.41) is 2.72. The molecule has 0 spiro atoms. The fraction of sp³-hybridized carbons (Fsp3) is 0.400. The van der Waals surface area contributed by atoms with Gasteiger partial charge in [0.15, 0.2) is 0 Å². The van der Waals surface area contributed by atoms with Crippen LogP contribution in [0.25, 0.3) is 0 Å². The number of amides is 1. The first-order valence-electron chi connectivity index (χ1n) is 4.33. The van der Waals surface area contributed by atoms with E-state index >= 15 is 0 Å². The van der Waals surface area contributed by atoms with Gasteiger partial charge in [-0.1, -0.05) is 6.07 Å². The van der Waals surface area contributed by atoms with Gasteiger partial charge in [0.05, 0.1) is 12.6 Å². The highest BCUT2D eigenvalue weighted by Crippen LogP contribution is 2.18. The Morgan fingerprint density at radius 3 is 2.79 bits per heavy atom. The Morgan fingerprint density at radius 2 is 2.29 bits per heavy atom. The third kappa shape index (κ3) is 2.45. The lowest BCUT2D eigenvalue weighted by Crippen LogP contribution is -2.40. The summed E-state index contributed by atoms with van der Waals surface area (Å²) in [6.45, 7) is 3.78. The molecule has 4 heteroatoms. The van der Waals surface area contributed by atoms with Gasteiger partial charge in [-0.15, -0.1) is 0 Å². The number of methoxy groups -OCH3 is 1. The number of hydrogen-bond acceptors (Lipinski definition) is 3. The largest absolute Gasteiger partial charge is 0.453 e. The summed E-state index contributed by atoms with van der Waals surface area (Å²) in [6, 6.07) is 3.74. The predicted octanol–water partition coefficient (Wildman–Crippen LogP) is 1.67. The molecule has 0 aromatic carbocycles. The Balaban J connectivity index is 2.80. The lowest BCUT2D eigenvalue weighted by molar-refractivity contribution is 0.159. The third-order valence-corrected chi connectivity index (χ3v) is 1.98. The average Bonchev–Trinajstić information content (AvgIpc) is 2.18. The summed E-state index contributed by atoms with van der Waals surface area (Å²) in [7, 11) is 1.34. The summed E-state index contributed by atoms with van der Waals surface area (Å²) in [6.07, 6.45) is 2.96. The van der Waals surface area contributed by atoms with Crippen LogP contribution in [0.15, 0.2) is 24.5 Å². The molecule has 76 valence electrons. The molecule has 1 aromatic rings. The molecule has 1 aromatic heterocycles. The fourth-order valence-electron chi connectivity index (χ4n) is 1.11. The Bertz CT molecular complexity index is 309. The van der Waals surface area contributed by atoms with E-state index < -0.39 is 11.6 Å². The van der Waals surface area contributed by atoms with E-state index in [-0.39, 0.29) is 0 Å². The Morgan fingerprint density at radius 1 is 1.57 bits per heavy atom. The number of pyridine rings is 1. The molecular weight excluding hydrogens is 180 g/mol. The monoisotopic (exact) mass is 194 g/mol. The molecule has 0 bridgehead atoms. The van der Waals surface area contributed by atoms with E-state index in [4.69, 9.17) is 0 Å². The summed E-state index contributed by atoms with van der Waals surface area (Å²) >= 11 is 0. The zero-order chi connectivity index (χ0) is 10.6. The van der Waals surface area contributed by atoms with Crippen molar-refractivity contribution < 1.29 is 9.53 Å². The smallest absolute Gasteiger partial charge is 0.407 e. The van der Waals surface area contributed by atoms with Crippen LogP contribution in [0.1, 0.15) is 19.4 Å². The van der Waals surface area contributed by atoms with Gasteiger partial charge in [0, 0.05) is 12.4 Å². The highest BCUT2D eigenvalue weighted by Gasteiger charge is 2.22. The van der Waals surface area contributed by atoms with Crippen molar-refractivity contribution in [3.8, 4) is 0 Å². The molecule has 0 atom stereocenters. The van der Waals surface area contributed by atoms with E-state index in [9.17, 15) is 4.79 Å². The van der Waals surface area contributed by atoms with Crippen molar-refractivity contribution >= 4 is 6.09 Å². The third-order valence-electron chi connectivity index (χ3n) is 1.98. The maximum atomic E-state index is 11.0. The Kier molecular flexibility index (Phi) is 3.06. The molecule has 4 nitrogen and oxygen atoms in total. The van der Waals surface area contributed by atoms with Gasteiger partial charge in [0.2, 0.25) is 0 Å². The molecule has 0 saturated carbocycles. The summed E-state index contributed by atoms with van der Waals surface area (Å²) in [5.74, 6) is 0. The van der Waals surface area contributed by atoms with Gasteiger partial charge >= 0.3 is 6.09 Å². The number of aromatic nitrogens is 1. The molecule has 0 saturated heterocycles. The predicted molar refractivity (Wildman–Crippen MR) is 52.8 cm³/mol. The first kappa shape index (κ1) is 10.5. The second-order valence-electron chi connectivity index (χ2n) is 3.48. The van der Waals surface area contributed by atoms with Crippen LogP contribution >= 0.6 is 0 Å². The van der Waals surface area contributed by atoms with Crippen molar-refractivity contribution in [2.45, 2.75) is 19.4 Å². The van der Waals surface area contributed by atoms with Crippen molar-refractivity contribution in [3.05, 3.63) is 30.1 Å². The quantitative estimate of drug-likeness (QED) is 0.779. The molecule has 0 fully saturated rings. The van der Waals surface area contributed by atoms with Crippen molar-refractivity contribution in [2.24, 2.45) is 0 Å². The second-order valence-corrected chi connectivity index (χ2v) is 3.48. The maximum Gasteiger partial charge on any atom is 0.407 e. The zero-order valence-electron chi connectivity index (χ0n) is 8.57. The normalized spacial score (nSPS) is 10.8. The van der Waals surface area contributed by atoms with Gasteiger partial charge in [0.1, 0.15) is 0 Å². The van der Waals surface area contributed by atoms with Crippen LogP contribution in [0.3, 0.4) is 0 Å². The molecular formula is C10H14N2O2. The maximum absolute atomic E-state index is 11.0. The van der Waals surface area contributed by atoms with Crippen molar-refractivity contribution in [1.82, 2.24) is 10.3 Å². The average molecular weight is 194 g/mol. The van der Waals surface area contributed by atoms with Gasteiger partial charge in [-0.3, -0.25) is 4.98 Å². The van der Waals surface area contributed by atoms with E-state index in [0.29, 0.717) is 0 Å². The Hall–Kier alpha value is -1.58. The number of alkyl carbamates (subject to hydrolysis) is 1. The van der Waals surface area contributed by atoms with Crippen LogP contribution in [0, 0.1) is 0 Å². The number of ether oxygens (including phenoxy) is 1. The molecule has 14 heavy (non-hydrogen) atoms. The van der Waals surface area contributed by atoms with Gasteiger partial charge in [-0.25, -0.2) is 4.79 Å². The number of nitrogens with zero attached hydrogens (tertiary/aromatic N) is 1. The lowest BCUT2D eigenvalue weighted by atomic mass is 9.96. The SMILES string of the molecule is COC(=O)NC(C)(C)c1cccnc1. The van der Waals surface area contributed by atoms with E-state index in [1.165, 1.54) is 7.11 Å². The highest BCUT2D eigenvalue weighted by atomic mass is 16.5. The number of hydrogen-bond donors (Lipinski definition) is 1. The molecule has 1 amide bonds. The van der Waals surface area contributed by atoms with Crippen LogP contribution in [0.2, 0.25) is 0 Å². The molecule has 1 N–H and O–H groups in total. The minimum Gasteiger partial charge on any atom is -0.453 e. The molecule has 0 unspecified atom stereocenters. The summed E-state index contributed by atoms with van der Waals surface area (Å²) in [4.78, 5) is 15.0. The molecule has 0 aliphatic carbocycles. The summed E-state index contributed by atoms with van der Waals surface area (Å²) in [5.41, 5.74) is 0.465. The molecule has 1 heterocycles. The zero-order valence-corrected chi connectivity index (χ0v) is 8.57. The first-order chi connectivity index (χ1) is 6.56. The van der Waals surface area contributed by atoms with Crippen LogP contribution in [0.5, 0.6) is 0 Å². The second kappa shape index (κ2) is 4.09. The van der Waals surface area contributed by atoms with Crippen molar-refractivity contribution in [2.75, 3.05) is 7.11 Å². The van der Waals surface area contributed by atoms with Gasteiger partial charge in [-0.05, 0) is 25.5 Å². The highest BCUT2D eigenvalue weighted by molar-refractivity contribution is 5.68. The van der Waals surface area contributed by atoms with Crippen molar-refractivity contribution in [3.63, 3.8) is 0 Å². The topological polar surface area (TPSA) is 51.2 Å². The van der Waals surface area contributed by atoms with Crippen LogP contribution in [-0.4, -0.2) is 18.2 Å². The van der Waals surface area contributed by atoms with E-state index in [2.05, 4.69) is 15.0 Å². The van der Waals surface area contributed by atoms with Gasteiger partial charge < -0.3 is 10.1 Å². The molecule has 0 radical (unpaired) electrons. The summed E-state index contributed by atoms with van der Waals surface area (Å²) < 4.78 is 4.54. The number of nitrogens with one attached hydrogen (secondary N) is 1. The number of carbonyl (C=O) groups excluding carboxylic acids is 1. The Labute approximate surface area is 83.3 Å². The number of carbonyl (C=O) groups is 1. The van der Waals surface area contributed by atoms with Gasteiger partial charge in [-0.2, -0.15) is 0 Å². The van der Waals surface area contributed by atoms with E-state index in [1.54, 1.807) is 12.4 Å².